The predicted octanol–water partition coefficient (Wildman–Crippen LogP) is 1.68. The van der Waals surface area contributed by atoms with Gasteiger partial charge < -0.3 is 9.84 Å². The van der Waals surface area contributed by atoms with Crippen molar-refractivity contribution >= 4 is 23.5 Å². The van der Waals surface area contributed by atoms with Crippen molar-refractivity contribution in [1.82, 2.24) is 0 Å². The van der Waals surface area contributed by atoms with E-state index in [-0.39, 0.29) is 29.0 Å². The molecule has 2 rings (SSSR count). The van der Waals surface area contributed by atoms with Crippen LogP contribution in [0.5, 0.6) is 5.75 Å². The van der Waals surface area contributed by atoms with Crippen LogP contribution in [0.25, 0.3) is 0 Å². The number of ether oxygens (including phenoxy) is 1. The number of hydrogen-bond acceptors (Lipinski definition) is 4. The van der Waals surface area contributed by atoms with Gasteiger partial charge in [-0.25, -0.2) is 4.79 Å². The van der Waals surface area contributed by atoms with Crippen molar-refractivity contribution in [3.8, 4) is 5.75 Å². The van der Waals surface area contributed by atoms with Crippen molar-refractivity contribution in [2.24, 2.45) is 5.92 Å². The van der Waals surface area contributed by atoms with Crippen LogP contribution in [0.4, 0.5) is 5.69 Å². The molecule has 0 atom stereocenters. The van der Waals surface area contributed by atoms with E-state index in [1.165, 1.54) is 25.3 Å². The fourth-order valence-corrected chi connectivity index (χ4v) is 2.27. The van der Waals surface area contributed by atoms with Gasteiger partial charge in [-0.05, 0) is 18.1 Å². The molecule has 0 aromatic heterocycles. The molecule has 0 radical (unpaired) electrons. The molecule has 0 unspecified atom stereocenters. The monoisotopic (exact) mass is 277 g/mol. The first-order chi connectivity index (χ1) is 9.43. The van der Waals surface area contributed by atoms with Crippen molar-refractivity contribution < 1.29 is 24.2 Å². The molecule has 106 valence electrons. The van der Waals surface area contributed by atoms with Crippen molar-refractivity contribution in [2.75, 3.05) is 12.0 Å². The molecule has 0 aliphatic carbocycles. The summed E-state index contributed by atoms with van der Waals surface area (Å²) in [5.74, 6) is -1.53. The number of hydrogen-bond donors (Lipinski definition) is 1. The highest BCUT2D eigenvalue weighted by Gasteiger charge is 2.32. The molecule has 1 aromatic rings. The molecule has 0 bridgehead atoms. The summed E-state index contributed by atoms with van der Waals surface area (Å²) in [7, 11) is 1.34. The van der Waals surface area contributed by atoms with Crippen LogP contribution in [0, 0.1) is 5.92 Å². The second-order valence-corrected chi connectivity index (χ2v) is 4.83. The summed E-state index contributed by atoms with van der Waals surface area (Å²) in [6, 6.07) is 4.17. The summed E-state index contributed by atoms with van der Waals surface area (Å²) in [5.41, 5.74) is 0.329. The van der Waals surface area contributed by atoms with E-state index in [1.54, 1.807) is 0 Å². The van der Waals surface area contributed by atoms with Crippen LogP contribution < -0.4 is 9.64 Å². The van der Waals surface area contributed by atoms with Crippen molar-refractivity contribution in [2.45, 2.75) is 19.8 Å². The maximum absolute atomic E-state index is 12.0. The molecule has 20 heavy (non-hydrogen) atoms. The van der Waals surface area contributed by atoms with Crippen LogP contribution in [-0.2, 0) is 9.59 Å². The summed E-state index contributed by atoms with van der Waals surface area (Å²) in [6.07, 6.45) is 0.601. The number of anilines is 1. The highest BCUT2D eigenvalue weighted by atomic mass is 16.5. The van der Waals surface area contributed by atoms with Gasteiger partial charge in [0.1, 0.15) is 11.3 Å². The molecule has 6 heteroatoms. The van der Waals surface area contributed by atoms with Crippen LogP contribution >= 0.6 is 0 Å². The lowest BCUT2D eigenvalue weighted by Gasteiger charge is -2.28. The number of carbonyl (C=O) groups is 3. The molecule has 1 aromatic carbocycles. The van der Waals surface area contributed by atoms with Gasteiger partial charge in [0, 0.05) is 18.9 Å². The second kappa shape index (κ2) is 5.32. The number of carboxylic acids is 1. The summed E-state index contributed by atoms with van der Waals surface area (Å²) in [4.78, 5) is 36.1. The number of benzene rings is 1. The minimum absolute atomic E-state index is 0.0125. The van der Waals surface area contributed by atoms with Crippen LogP contribution in [-0.4, -0.2) is 30.0 Å². The topological polar surface area (TPSA) is 83.9 Å². The van der Waals surface area contributed by atoms with Crippen molar-refractivity contribution in [3.05, 3.63) is 23.8 Å². The maximum atomic E-state index is 12.0. The Morgan fingerprint density at radius 3 is 2.40 bits per heavy atom. The van der Waals surface area contributed by atoms with E-state index in [1.807, 2.05) is 6.92 Å². The molecule has 1 aliphatic rings. The van der Waals surface area contributed by atoms with E-state index in [9.17, 15) is 14.4 Å². The maximum Gasteiger partial charge on any atom is 0.339 e. The van der Waals surface area contributed by atoms with Crippen LogP contribution in [0.3, 0.4) is 0 Å². The number of methoxy groups -OCH3 is 1. The third kappa shape index (κ3) is 2.49. The number of nitrogens with zero attached hydrogens (tertiary/aromatic N) is 1. The number of piperidine rings is 1. The van der Waals surface area contributed by atoms with Gasteiger partial charge in [-0.1, -0.05) is 6.92 Å². The minimum Gasteiger partial charge on any atom is -0.496 e. The number of carboxylic acid groups (broad SMARTS) is 1. The van der Waals surface area contributed by atoms with E-state index in [0.29, 0.717) is 18.5 Å². The summed E-state index contributed by atoms with van der Waals surface area (Å²) < 4.78 is 5.00. The molecule has 0 spiro atoms. The lowest BCUT2D eigenvalue weighted by atomic mass is 9.97. The number of amides is 2. The number of carbonyl (C=O) groups excluding carboxylic acids is 2. The average molecular weight is 277 g/mol. The Morgan fingerprint density at radius 1 is 1.30 bits per heavy atom. The zero-order valence-electron chi connectivity index (χ0n) is 11.3. The molecular formula is C14H15NO5. The van der Waals surface area contributed by atoms with E-state index in [0.717, 1.165) is 4.90 Å². The van der Waals surface area contributed by atoms with Gasteiger partial charge in [-0.3, -0.25) is 14.5 Å². The predicted molar refractivity (Wildman–Crippen MR) is 70.8 cm³/mol. The first-order valence-electron chi connectivity index (χ1n) is 6.21. The quantitative estimate of drug-likeness (QED) is 0.850. The van der Waals surface area contributed by atoms with E-state index in [4.69, 9.17) is 9.84 Å². The van der Waals surface area contributed by atoms with E-state index in [2.05, 4.69) is 0 Å². The fourth-order valence-electron chi connectivity index (χ4n) is 2.27. The summed E-state index contributed by atoms with van der Waals surface area (Å²) in [5, 5.41) is 9.01. The normalized spacial score (nSPS) is 16.4. The highest BCUT2D eigenvalue weighted by Crippen LogP contribution is 2.30. The highest BCUT2D eigenvalue weighted by molar-refractivity contribution is 6.16. The first kappa shape index (κ1) is 14.0. The van der Waals surface area contributed by atoms with Gasteiger partial charge in [-0.2, -0.15) is 0 Å². The molecule has 1 N–H and O–H groups in total. The zero-order valence-corrected chi connectivity index (χ0v) is 11.3. The van der Waals surface area contributed by atoms with Crippen molar-refractivity contribution in [1.29, 1.82) is 0 Å². The minimum atomic E-state index is -1.13. The fraction of sp³-hybridized carbons (Fsp3) is 0.357. The van der Waals surface area contributed by atoms with Gasteiger partial charge in [0.15, 0.2) is 0 Å². The lowest BCUT2D eigenvalue weighted by molar-refractivity contribution is -0.130. The van der Waals surface area contributed by atoms with Gasteiger partial charge in [0.25, 0.3) is 0 Å². The SMILES string of the molecule is COc1cc(N2C(=O)CC(C)CC2=O)ccc1C(=O)O. The molecule has 1 aliphatic heterocycles. The van der Waals surface area contributed by atoms with Crippen LogP contribution in [0.15, 0.2) is 18.2 Å². The van der Waals surface area contributed by atoms with Gasteiger partial charge in [0.2, 0.25) is 11.8 Å². The molecule has 1 saturated heterocycles. The Hall–Kier alpha value is -2.37. The molecule has 6 nitrogen and oxygen atoms in total. The largest absolute Gasteiger partial charge is 0.496 e. The smallest absolute Gasteiger partial charge is 0.339 e. The van der Waals surface area contributed by atoms with Crippen LogP contribution in [0.1, 0.15) is 30.1 Å². The van der Waals surface area contributed by atoms with E-state index < -0.39 is 5.97 Å². The Kier molecular flexibility index (Phi) is 3.74. The third-order valence-electron chi connectivity index (χ3n) is 3.22. The Bertz CT molecular complexity index is 563. The van der Waals surface area contributed by atoms with Crippen LogP contribution in [0.2, 0.25) is 0 Å². The molecule has 1 fully saturated rings. The zero-order chi connectivity index (χ0) is 14.9. The van der Waals surface area contributed by atoms with Gasteiger partial charge in [0.05, 0.1) is 12.8 Å². The molecular weight excluding hydrogens is 262 g/mol. The molecule has 0 saturated carbocycles. The first-order valence-corrected chi connectivity index (χ1v) is 6.21. The van der Waals surface area contributed by atoms with Gasteiger partial charge in [-0.15, -0.1) is 0 Å². The van der Waals surface area contributed by atoms with Crippen molar-refractivity contribution in [3.63, 3.8) is 0 Å². The Labute approximate surface area is 115 Å². The number of imide groups is 1. The summed E-state index contributed by atoms with van der Waals surface area (Å²) in [6.45, 7) is 1.85. The lowest BCUT2D eigenvalue weighted by Crippen LogP contribution is -2.42. The Balaban J connectivity index is 2.40. The second-order valence-electron chi connectivity index (χ2n) is 4.83. The number of rotatable bonds is 3. The molecule has 1 heterocycles. The molecule has 2 amide bonds. The van der Waals surface area contributed by atoms with E-state index >= 15 is 0 Å². The summed E-state index contributed by atoms with van der Waals surface area (Å²) >= 11 is 0. The standard InChI is InChI=1S/C14H15NO5/c1-8-5-12(16)15(13(17)6-8)9-3-4-10(14(18)19)11(7-9)20-2/h3-4,7-8H,5-6H2,1-2H3,(H,18,19). The van der Waals surface area contributed by atoms with Gasteiger partial charge >= 0.3 is 5.97 Å². The average Bonchev–Trinajstić information content (AvgIpc) is 2.37. The Morgan fingerprint density at radius 2 is 1.90 bits per heavy atom. The number of aromatic carboxylic acids is 1. The third-order valence-corrected chi connectivity index (χ3v) is 3.22.